The molecule has 0 aliphatic carbocycles. The van der Waals surface area contributed by atoms with Crippen LogP contribution in [0.2, 0.25) is 0 Å². The van der Waals surface area contributed by atoms with E-state index in [9.17, 15) is 4.79 Å². The number of carbonyl (C=O) groups is 1. The third-order valence-electron chi connectivity index (χ3n) is 4.30. The van der Waals surface area contributed by atoms with Gasteiger partial charge < -0.3 is 16.0 Å². The smallest absolute Gasteiger partial charge is 0.251 e. The van der Waals surface area contributed by atoms with Crippen LogP contribution in [0.15, 0.2) is 35.5 Å². The molecule has 0 bridgehead atoms. The molecule has 8 heteroatoms. The molecule has 0 radical (unpaired) electrons. The minimum atomic E-state index is -0.0150. The van der Waals surface area contributed by atoms with Crippen molar-refractivity contribution in [3.8, 4) is 0 Å². The molecule has 0 spiro atoms. The Hall–Kier alpha value is -1.68. The molecule has 0 saturated heterocycles. The molecule has 2 aromatic rings. The number of nitrogens with zero attached hydrogens (tertiary/aromatic N) is 2. The van der Waals surface area contributed by atoms with Crippen LogP contribution in [0, 0.1) is 0 Å². The average Bonchev–Trinajstić information content (AvgIpc) is 3.19. The van der Waals surface area contributed by atoms with Gasteiger partial charge in [-0.2, -0.15) is 0 Å². The van der Waals surface area contributed by atoms with E-state index in [2.05, 4.69) is 39.8 Å². The van der Waals surface area contributed by atoms with Crippen LogP contribution in [0.3, 0.4) is 0 Å². The van der Waals surface area contributed by atoms with E-state index in [1.165, 1.54) is 4.88 Å². The van der Waals surface area contributed by atoms with Crippen molar-refractivity contribution >= 4 is 47.2 Å². The highest BCUT2D eigenvalue weighted by Gasteiger charge is 2.05. The second-order valence-corrected chi connectivity index (χ2v) is 7.68. The summed E-state index contributed by atoms with van der Waals surface area (Å²) in [6.07, 6.45) is 5.95. The molecule has 0 aliphatic rings. The van der Waals surface area contributed by atoms with E-state index in [0.29, 0.717) is 12.1 Å². The molecule has 3 N–H and O–H groups in total. The predicted octanol–water partition coefficient (Wildman–Crippen LogP) is 3.76. The van der Waals surface area contributed by atoms with E-state index in [1.807, 2.05) is 30.5 Å². The van der Waals surface area contributed by atoms with E-state index in [0.717, 1.165) is 55.3 Å². The van der Waals surface area contributed by atoms with Crippen molar-refractivity contribution in [3.63, 3.8) is 0 Å². The molecule has 0 unspecified atom stereocenters. The van der Waals surface area contributed by atoms with Crippen molar-refractivity contribution in [2.75, 3.05) is 20.1 Å². The lowest BCUT2D eigenvalue weighted by Gasteiger charge is -2.12. The molecule has 0 aliphatic heterocycles. The number of aromatic nitrogens is 1. The van der Waals surface area contributed by atoms with E-state index >= 15 is 0 Å². The molecular formula is C21H32IN5OS. The summed E-state index contributed by atoms with van der Waals surface area (Å²) in [5.41, 5.74) is 1.79. The van der Waals surface area contributed by atoms with Crippen LogP contribution in [0.4, 0.5) is 0 Å². The molecule has 6 nitrogen and oxygen atoms in total. The molecule has 1 amide bonds. The van der Waals surface area contributed by atoms with E-state index in [1.54, 1.807) is 18.4 Å². The summed E-state index contributed by atoms with van der Waals surface area (Å²) < 4.78 is 0. The van der Waals surface area contributed by atoms with Gasteiger partial charge in [-0.3, -0.25) is 9.79 Å². The molecule has 1 aromatic heterocycles. The van der Waals surface area contributed by atoms with Crippen LogP contribution in [-0.2, 0) is 19.4 Å². The third-order valence-corrected chi connectivity index (χ3v) is 5.50. The maximum Gasteiger partial charge on any atom is 0.251 e. The minimum Gasteiger partial charge on any atom is -0.356 e. The maximum absolute atomic E-state index is 12.0. The minimum absolute atomic E-state index is 0. The van der Waals surface area contributed by atoms with Crippen LogP contribution in [0.1, 0.15) is 52.5 Å². The van der Waals surface area contributed by atoms with Crippen molar-refractivity contribution in [1.29, 1.82) is 0 Å². The van der Waals surface area contributed by atoms with Gasteiger partial charge in [-0.15, -0.1) is 35.3 Å². The lowest BCUT2D eigenvalue weighted by molar-refractivity contribution is 0.0953. The number of unbranched alkanes of at least 4 members (excludes halogenated alkanes) is 1. The van der Waals surface area contributed by atoms with E-state index < -0.39 is 0 Å². The summed E-state index contributed by atoms with van der Waals surface area (Å²) in [5, 5.41) is 10.7. The highest BCUT2D eigenvalue weighted by molar-refractivity contribution is 14.0. The SMILES string of the molecule is CCCCNC(=O)c1ccc(CNC(=NC)NCCc2ncc(CC)s2)cc1.I. The second kappa shape index (κ2) is 14.3. The highest BCUT2D eigenvalue weighted by atomic mass is 127. The number of benzene rings is 1. The number of nitrogens with one attached hydrogen (secondary N) is 3. The zero-order chi connectivity index (χ0) is 20.2. The van der Waals surface area contributed by atoms with Gasteiger partial charge in [0.15, 0.2) is 5.96 Å². The number of carbonyl (C=O) groups excluding carboxylic acids is 1. The van der Waals surface area contributed by atoms with Crippen LogP contribution >= 0.6 is 35.3 Å². The Morgan fingerprint density at radius 2 is 1.86 bits per heavy atom. The number of amides is 1. The first-order chi connectivity index (χ1) is 13.7. The maximum atomic E-state index is 12.0. The summed E-state index contributed by atoms with van der Waals surface area (Å²) >= 11 is 1.77. The summed E-state index contributed by atoms with van der Waals surface area (Å²) in [4.78, 5) is 22.0. The summed E-state index contributed by atoms with van der Waals surface area (Å²) in [6, 6.07) is 7.66. The van der Waals surface area contributed by atoms with Crippen molar-refractivity contribution in [2.24, 2.45) is 4.99 Å². The zero-order valence-electron chi connectivity index (χ0n) is 17.5. The first-order valence-corrected chi connectivity index (χ1v) is 10.7. The fraction of sp³-hybridized carbons (Fsp3) is 0.476. The van der Waals surface area contributed by atoms with Gasteiger partial charge in [0, 0.05) is 49.7 Å². The molecule has 1 aromatic carbocycles. The van der Waals surface area contributed by atoms with Gasteiger partial charge in [0.1, 0.15) is 0 Å². The Morgan fingerprint density at radius 3 is 2.48 bits per heavy atom. The van der Waals surface area contributed by atoms with Crippen molar-refractivity contribution in [2.45, 2.75) is 46.1 Å². The molecule has 0 fully saturated rings. The molecule has 160 valence electrons. The van der Waals surface area contributed by atoms with Gasteiger partial charge in [0.25, 0.3) is 5.91 Å². The standard InChI is InChI=1S/C21H31N5OS.HI/c1-4-6-12-23-20(27)17-9-7-16(8-10-17)14-26-21(22-3)24-13-11-19-25-15-18(5-2)28-19;/h7-10,15H,4-6,11-14H2,1-3H3,(H,23,27)(H2,22,24,26);1H. The van der Waals surface area contributed by atoms with E-state index in [-0.39, 0.29) is 29.9 Å². The Kier molecular flexibility index (Phi) is 12.5. The number of rotatable bonds is 10. The summed E-state index contributed by atoms with van der Waals surface area (Å²) in [7, 11) is 1.76. The number of aryl methyl sites for hydroxylation is 1. The van der Waals surface area contributed by atoms with Crippen LogP contribution < -0.4 is 16.0 Å². The Labute approximate surface area is 195 Å². The van der Waals surface area contributed by atoms with Crippen molar-refractivity contribution < 1.29 is 4.79 Å². The van der Waals surface area contributed by atoms with Gasteiger partial charge in [-0.1, -0.05) is 32.4 Å². The van der Waals surface area contributed by atoms with Gasteiger partial charge in [0.2, 0.25) is 0 Å². The fourth-order valence-corrected chi connectivity index (χ4v) is 3.44. The number of thiazole rings is 1. The quantitative estimate of drug-likeness (QED) is 0.190. The first-order valence-electron chi connectivity index (χ1n) is 9.91. The van der Waals surface area contributed by atoms with Crippen LogP contribution in [-0.4, -0.2) is 37.0 Å². The van der Waals surface area contributed by atoms with Crippen LogP contribution in [0.5, 0.6) is 0 Å². The number of guanidine groups is 1. The summed E-state index contributed by atoms with van der Waals surface area (Å²) in [5.74, 6) is 0.743. The number of hydrogen-bond donors (Lipinski definition) is 3. The molecular weight excluding hydrogens is 497 g/mol. The fourth-order valence-electron chi connectivity index (χ4n) is 2.58. The Balaban J connectivity index is 0.00000420. The van der Waals surface area contributed by atoms with Gasteiger partial charge >= 0.3 is 0 Å². The monoisotopic (exact) mass is 529 g/mol. The largest absolute Gasteiger partial charge is 0.356 e. The molecule has 0 atom stereocenters. The number of hydrogen-bond acceptors (Lipinski definition) is 4. The molecule has 1 heterocycles. The topological polar surface area (TPSA) is 78.4 Å². The summed E-state index contributed by atoms with van der Waals surface area (Å²) in [6.45, 7) is 6.41. The lowest BCUT2D eigenvalue weighted by atomic mass is 10.1. The Morgan fingerprint density at radius 1 is 1.10 bits per heavy atom. The first kappa shape index (κ1) is 25.4. The molecule has 2 rings (SSSR count). The van der Waals surface area contributed by atoms with Crippen molar-refractivity contribution in [1.82, 2.24) is 20.9 Å². The Bertz CT molecular complexity index is 761. The van der Waals surface area contributed by atoms with Crippen molar-refractivity contribution in [3.05, 3.63) is 51.5 Å². The van der Waals surface area contributed by atoms with Gasteiger partial charge in [0.05, 0.1) is 5.01 Å². The average molecular weight is 529 g/mol. The van der Waals surface area contributed by atoms with Gasteiger partial charge in [-0.05, 0) is 30.5 Å². The van der Waals surface area contributed by atoms with E-state index in [4.69, 9.17) is 0 Å². The number of aliphatic imine (C=N–C) groups is 1. The lowest BCUT2D eigenvalue weighted by Crippen LogP contribution is -2.37. The second-order valence-electron chi connectivity index (χ2n) is 6.48. The normalized spacial score (nSPS) is 10.9. The zero-order valence-corrected chi connectivity index (χ0v) is 20.6. The predicted molar refractivity (Wildman–Crippen MR) is 132 cm³/mol. The number of halogens is 1. The third kappa shape index (κ3) is 9.12. The molecule has 0 saturated carbocycles. The van der Waals surface area contributed by atoms with Crippen LogP contribution in [0.25, 0.3) is 0 Å². The van der Waals surface area contributed by atoms with Gasteiger partial charge in [-0.25, -0.2) is 4.98 Å². The highest BCUT2D eigenvalue weighted by Crippen LogP contribution is 2.13. The molecule has 29 heavy (non-hydrogen) atoms.